The molecule has 0 bridgehead atoms. The second-order valence-electron chi connectivity index (χ2n) is 3.66. The minimum absolute atomic E-state index is 0.0130. The highest BCUT2D eigenvalue weighted by Crippen LogP contribution is 2.34. The van der Waals surface area contributed by atoms with Gasteiger partial charge in [-0.3, -0.25) is 4.79 Å². The van der Waals surface area contributed by atoms with Crippen LogP contribution in [0.1, 0.15) is 5.56 Å². The molecule has 0 spiro atoms. The molecule has 0 amide bonds. The average Bonchev–Trinajstić information content (AvgIpc) is 2.38. The predicted octanol–water partition coefficient (Wildman–Crippen LogP) is 0.452. The summed E-state index contributed by atoms with van der Waals surface area (Å²) in [6, 6.07) is 2.05. The van der Waals surface area contributed by atoms with E-state index in [1.807, 2.05) is 0 Å². The molecule has 3 N–H and O–H groups in total. The lowest BCUT2D eigenvalue weighted by Gasteiger charge is -2.16. The molecule has 0 saturated heterocycles. The van der Waals surface area contributed by atoms with Crippen LogP contribution in [-0.2, 0) is 16.0 Å². The van der Waals surface area contributed by atoms with Gasteiger partial charge in [-0.2, -0.15) is 0 Å². The van der Waals surface area contributed by atoms with Gasteiger partial charge in [-0.05, 0) is 0 Å². The molecule has 1 unspecified atom stereocenters. The zero-order valence-electron chi connectivity index (χ0n) is 10.6. The fourth-order valence-electron chi connectivity index (χ4n) is 1.63. The lowest BCUT2D eigenvalue weighted by atomic mass is 10.0. The minimum atomic E-state index is -0.817. The van der Waals surface area contributed by atoms with Crippen molar-refractivity contribution < 1.29 is 24.1 Å². The maximum atomic E-state index is 11.3. The number of carbonyl (C=O) groups excluding carboxylic acids is 1. The van der Waals surface area contributed by atoms with Crippen LogP contribution in [0.2, 0.25) is 0 Å². The van der Waals surface area contributed by atoms with Gasteiger partial charge in [0.2, 0.25) is 0 Å². The number of benzene rings is 1. The second-order valence-corrected chi connectivity index (χ2v) is 3.66. The fraction of sp³-hybridized carbons (Fsp3) is 0.417. The molecule has 0 aliphatic carbocycles. The Morgan fingerprint density at radius 2 is 1.78 bits per heavy atom. The normalized spacial score (nSPS) is 11.8. The van der Waals surface area contributed by atoms with Gasteiger partial charge in [0.25, 0.3) is 0 Å². The molecule has 0 heterocycles. The molecule has 1 atom stereocenters. The number of aromatic hydroxyl groups is 1. The molecule has 6 nitrogen and oxygen atoms in total. The first kappa shape index (κ1) is 14.1. The minimum Gasteiger partial charge on any atom is -0.508 e. The van der Waals surface area contributed by atoms with Gasteiger partial charge in [-0.1, -0.05) is 0 Å². The quantitative estimate of drug-likeness (QED) is 0.742. The van der Waals surface area contributed by atoms with Gasteiger partial charge in [0.1, 0.15) is 23.3 Å². The first-order valence-electron chi connectivity index (χ1n) is 5.30. The van der Waals surface area contributed by atoms with Gasteiger partial charge in [0.15, 0.2) is 0 Å². The summed E-state index contributed by atoms with van der Waals surface area (Å²) in [7, 11) is 4.19. The SMILES string of the molecule is COC(=O)C(N)Cc1c(OC)cc(O)cc1OC. The van der Waals surface area contributed by atoms with Crippen LogP contribution in [0.4, 0.5) is 0 Å². The van der Waals surface area contributed by atoms with E-state index in [0.29, 0.717) is 17.1 Å². The second kappa shape index (κ2) is 6.11. The van der Waals surface area contributed by atoms with Crippen molar-refractivity contribution in [1.82, 2.24) is 0 Å². The zero-order chi connectivity index (χ0) is 13.7. The van der Waals surface area contributed by atoms with Crippen molar-refractivity contribution in [3.05, 3.63) is 17.7 Å². The smallest absolute Gasteiger partial charge is 0.322 e. The molecule has 0 aliphatic heterocycles. The number of nitrogens with two attached hydrogens (primary N) is 1. The monoisotopic (exact) mass is 255 g/mol. The third kappa shape index (κ3) is 3.04. The maximum absolute atomic E-state index is 11.3. The third-order valence-corrected chi connectivity index (χ3v) is 2.52. The summed E-state index contributed by atoms with van der Waals surface area (Å²) in [5.41, 5.74) is 6.30. The van der Waals surface area contributed by atoms with Gasteiger partial charge < -0.3 is 25.1 Å². The first-order chi connectivity index (χ1) is 8.53. The average molecular weight is 255 g/mol. The van der Waals surface area contributed by atoms with Crippen molar-refractivity contribution in [2.24, 2.45) is 5.73 Å². The van der Waals surface area contributed by atoms with E-state index in [9.17, 15) is 9.90 Å². The van der Waals surface area contributed by atoms with Crippen LogP contribution in [-0.4, -0.2) is 38.4 Å². The van der Waals surface area contributed by atoms with Gasteiger partial charge in [-0.15, -0.1) is 0 Å². The highest BCUT2D eigenvalue weighted by molar-refractivity contribution is 5.76. The van der Waals surface area contributed by atoms with E-state index >= 15 is 0 Å². The Labute approximate surface area is 105 Å². The molecule has 0 aromatic heterocycles. The Morgan fingerprint density at radius 3 is 2.17 bits per heavy atom. The Bertz CT molecular complexity index is 407. The molecule has 100 valence electrons. The number of hydrogen-bond acceptors (Lipinski definition) is 6. The molecule has 0 radical (unpaired) electrons. The molecule has 18 heavy (non-hydrogen) atoms. The van der Waals surface area contributed by atoms with Crippen LogP contribution in [0.5, 0.6) is 17.2 Å². The van der Waals surface area contributed by atoms with Crippen molar-refractivity contribution in [3.63, 3.8) is 0 Å². The largest absolute Gasteiger partial charge is 0.508 e. The first-order valence-corrected chi connectivity index (χ1v) is 5.30. The summed E-state index contributed by atoms with van der Waals surface area (Å²) < 4.78 is 14.8. The van der Waals surface area contributed by atoms with Gasteiger partial charge in [0, 0.05) is 24.1 Å². The molecule has 6 heteroatoms. The summed E-state index contributed by atoms with van der Waals surface area (Å²) in [6.07, 6.45) is 0.194. The summed E-state index contributed by atoms with van der Waals surface area (Å²) in [6.45, 7) is 0. The van der Waals surface area contributed by atoms with Crippen LogP contribution in [0, 0.1) is 0 Å². The lowest BCUT2D eigenvalue weighted by Crippen LogP contribution is -2.33. The highest BCUT2D eigenvalue weighted by Gasteiger charge is 2.20. The van der Waals surface area contributed by atoms with E-state index in [0.717, 1.165) is 0 Å². The Hall–Kier alpha value is -1.95. The van der Waals surface area contributed by atoms with Gasteiger partial charge >= 0.3 is 5.97 Å². The summed E-state index contributed by atoms with van der Waals surface area (Å²) in [5.74, 6) is 0.309. The van der Waals surface area contributed by atoms with E-state index in [4.69, 9.17) is 15.2 Å². The molecule has 1 aromatic carbocycles. The van der Waals surface area contributed by atoms with E-state index < -0.39 is 12.0 Å². The third-order valence-electron chi connectivity index (χ3n) is 2.52. The number of esters is 1. The van der Waals surface area contributed by atoms with E-state index in [1.165, 1.54) is 33.5 Å². The van der Waals surface area contributed by atoms with Crippen molar-refractivity contribution in [2.75, 3.05) is 21.3 Å². The predicted molar refractivity (Wildman–Crippen MR) is 64.9 cm³/mol. The summed E-state index contributed by atoms with van der Waals surface area (Å²) >= 11 is 0. The number of hydrogen-bond donors (Lipinski definition) is 2. The van der Waals surface area contributed by atoms with Gasteiger partial charge in [-0.25, -0.2) is 0 Å². The molecule has 1 rings (SSSR count). The molecule has 0 aliphatic rings. The Morgan fingerprint density at radius 1 is 1.28 bits per heavy atom. The number of phenols is 1. The number of methoxy groups -OCH3 is 3. The summed E-state index contributed by atoms with van der Waals surface area (Å²) in [5, 5.41) is 9.49. The topological polar surface area (TPSA) is 91.0 Å². The van der Waals surface area contributed by atoms with Crippen LogP contribution in [0.25, 0.3) is 0 Å². The molecular formula is C12H17NO5. The van der Waals surface area contributed by atoms with Crippen molar-refractivity contribution in [3.8, 4) is 17.2 Å². The van der Waals surface area contributed by atoms with Crippen LogP contribution < -0.4 is 15.2 Å². The number of carbonyl (C=O) groups is 1. The van der Waals surface area contributed by atoms with E-state index in [-0.39, 0.29) is 12.2 Å². The maximum Gasteiger partial charge on any atom is 0.322 e. The molecule has 0 saturated carbocycles. The Balaban J connectivity index is 3.09. The number of phenolic OH excluding ortho intramolecular Hbond substituents is 1. The van der Waals surface area contributed by atoms with Crippen molar-refractivity contribution >= 4 is 5.97 Å². The van der Waals surface area contributed by atoms with Crippen LogP contribution in [0.15, 0.2) is 12.1 Å². The number of ether oxygens (including phenoxy) is 3. The highest BCUT2D eigenvalue weighted by atomic mass is 16.5. The fourth-order valence-corrected chi connectivity index (χ4v) is 1.63. The van der Waals surface area contributed by atoms with Crippen molar-refractivity contribution in [1.29, 1.82) is 0 Å². The molecule has 0 fully saturated rings. The number of rotatable bonds is 5. The van der Waals surface area contributed by atoms with Gasteiger partial charge in [0.05, 0.1) is 21.3 Å². The standard InChI is InChI=1S/C12H17NO5/c1-16-10-4-7(14)5-11(17-2)8(10)6-9(13)12(15)18-3/h4-5,9,14H,6,13H2,1-3H3. The van der Waals surface area contributed by atoms with Crippen LogP contribution >= 0.6 is 0 Å². The molecule has 1 aromatic rings. The molecular weight excluding hydrogens is 238 g/mol. The van der Waals surface area contributed by atoms with Crippen LogP contribution in [0.3, 0.4) is 0 Å². The Kier molecular flexibility index (Phi) is 4.79. The van der Waals surface area contributed by atoms with E-state index in [1.54, 1.807) is 0 Å². The van der Waals surface area contributed by atoms with Crippen molar-refractivity contribution in [2.45, 2.75) is 12.5 Å². The summed E-state index contributed by atoms with van der Waals surface area (Å²) in [4.78, 5) is 11.3. The van der Waals surface area contributed by atoms with E-state index in [2.05, 4.69) is 4.74 Å². The lowest BCUT2D eigenvalue weighted by molar-refractivity contribution is -0.142. The zero-order valence-corrected chi connectivity index (χ0v) is 10.6.